The maximum atomic E-state index is 13.6. The van der Waals surface area contributed by atoms with Crippen molar-refractivity contribution in [1.82, 2.24) is 19.7 Å². The van der Waals surface area contributed by atoms with Crippen molar-refractivity contribution in [1.29, 1.82) is 0 Å². The van der Waals surface area contributed by atoms with E-state index < -0.39 is 23.4 Å². The summed E-state index contributed by atoms with van der Waals surface area (Å²) in [5.41, 5.74) is -0.315. The fourth-order valence-corrected chi connectivity index (χ4v) is 3.31. The average Bonchev–Trinajstić information content (AvgIpc) is 3.09. The molecule has 1 amide bonds. The van der Waals surface area contributed by atoms with E-state index in [0.717, 1.165) is 29.2 Å². The zero-order chi connectivity index (χ0) is 16.6. The third-order valence-electron chi connectivity index (χ3n) is 2.77. The number of carbonyl (C=O) groups is 1. The second kappa shape index (κ2) is 6.16. The van der Waals surface area contributed by atoms with E-state index >= 15 is 0 Å². The van der Waals surface area contributed by atoms with E-state index in [9.17, 15) is 18.0 Å². The van der Waals surface area contributed by atoms with Crippen molar-refractivity contribution in [3.05, 3.63) is 29.8 Å². The molecule has 0 unspecified atom stereocenters. The van der Waals surface area contributed by atoms with Crippen molar-refractivity contribution in [2.24, 2.45) is 7.05 Å². The van der Waals surface area contributed by atoms with Gasteiger partial charge in [-0.2, -0.15) is 0 Å². The van der Waals surface area contributed by atoms with Crippen molar-refractivity contribution < 1.29 is 18.0 Å². The van der Waals surface area contributed by atoms with Crippen LogP contribution in [-0.2, 0) is 11.8 Å². The first-order valence-corrected chi connectivity index (χ1v) is 7.96. The van der Waals surface area contributed by atoms with Crippen LogP contribution in [0.5, 0.6) is 0 Å². The largest absolute Gasteiger partial charge is 0.312 e. The summed E-state index contributed by atoms with van der Waals surface area (Å²) in [6.45, 7) is 0. The first-order chi connectivity index (χ1) is 11.0. The maximum Gasteiger partial charge on any atom is 0.236 e. The minimum atomic E-state index is -1.58. The lowest BCUT2D eigenvalue weighted by Crippen LogP contribution is -2.14. The molecule has 3 rings (SSSR count). The Balaban J connectivity index is 1.72. The predicted molar refractivity (Wildman–Crippen MR) is 79.9 cm³/mol. The van der Waals surface area contributed by atoms with Gasteiger partial charge in [0, 0.05) is 7.05 Å². The highest BCUT2D eigenvalue weighted by atomic mass is 32.2. The van der Waals surface area contributed by atoms with Crippen molar-refractivity contribution in [3.8, 4) is 0 Å². The molecule has 0 fully saturated rings. The Labute approximate surface area is 135 Å². The number of halogens is 3. The first kappa shape index (κ1) is 15.7. The summed E-state index contributed by atoms with van der Waals surface area (Å²) in [5, 5.41) is 10.6. The molecule has 11 heteroatoms. The highest BCUT2D eigenvalue weighted by Gasteiger charge is 2.18. The Bertz CT molecular complexity index is 894. The van der Waals surface area contributed by atoms with Gasteiger partial charge < -0.3 is 9.88 Å². The van der Waals surface area contributed by atoms with E-state index in [1.54, 1.807) is 11.6 Å². The summed E-state index contributed by atoms with van der Waals surface area (Å²) in [4.78, 5) is 15.6. The summed E-state index contributed by atoms with van der Waals surface area (Å²) in [6.07, 6.45) is 1.50. The number of anilines is 1. The minimum Gasteiger partial charge on any atom is -0.312 e. The Morgan fingerprint density at radius 2 is 2.17 bits per heavy atom. The van der Waals surface area contributed by atoms with Gasteiger partial charge in [-0.25, -0.2) is 18.2 Å². The fraction of sp³-hybridized carbons (Fsp3) is 0.167. The van der Waals surface area contributed by atoms with Gasteiger partial charge in [0.2, 0.25) is 5.91 Å². The number of nitrogens with one attached hydrogen (secondary N) is 1. The van der Waals surface area contributed by atoms with Crippen molar-refractivity contribution in [2.45, 2.75) is 5.16 Å². The van der Waals surface area contributed by atoms with E-state index in [1.807, 2.05) is 0 Å². The molecule has 2 heterocycles. The van der Waals surface area contributed by atoms with Crippen molar-refractivity contribution in [3.63, 3.8) is 0 Å². The molecule has 0 atom stereocenters. The van der Waals surface area contributed by atoms with E-state index in [2.05, 4.69) is 20.5 Å². The van der Waals surface area contributed by atoms with Gasteiger partial charge in [0.05, 0.1) is 10.5 Å². The van der Waals surface area contributed by atoms with E-state index in [-0.39, 0.29) is 21.1 Å². The number of fused-ring (bicyclic) bond motifs is 1. The number of nitrogens with zero attached hydrogens (tertiary/aromatic N) is 4. The van der Waals surface area contributed by atoms with Gasteiger partial charge in [-0.1, -0.05) is 23.1 Å². The molecule has 0 radical (unpaired) electrons. The number of benzene rings is 1. The molecule has 23 heavy (non-hydrogen) atoms. The van der Waals surface area contributed by atoms with Crippen LogP contribution in [0.4, 0.5) is 18.3 Å². The lowest BCUT2D eigenvalue weighted by molar-refractivity contribution is -0.113. The van der Waals surface area contributed by atoms with Crippen LogP contribution in [0.1, 0.15) is 0 Å². The number of rotatable bonds is 4. The molecule has 0 saturated carbocycles. The van der Waals surface area contributed by atoms with Crippen LogP contribution in [0, 0.1) is 17.5 Å². The number of carbonyl (C=O) groups excluding carboxylic acids is 1. The molecule has 0 aliphatic carbocycles. The molecular weight excluding hydrogens is 351 g/mol. The monoisotopic (exact) mass is 359 g/mol. The Kier molecular flexibility index (Phi) is 4.22. The molecule has 1 N–H and O–H groups in total. The molecule has 120 valence electrons. The quantitative estimate of drug-likeness (QED) is 0.573. The topological polar surface area (TPSA) is 72.7 Å². The molecule has 0 aliphatic heterocycles. The molecule has 6 nitrogen and oxygen atoms in total. The molecule has 0 spiro atoms. The molecular formula is C12H8F3N5OS2. The standard InChI is InChI=1S/C12H8F3N5OS2/c1-20-4-16-19-12(20)22-3-7(21)17-11-18-10-6(23-11)2-5(13)8(14)9(10)15/h2,4H,3H2,1H3,(H,17,18,21). The highest BCUT2D eigenvalue weighted by molar-refractivity contribution is 7.99. The molecule has 3 aromatic rings. The summed E-state index contributed by atoms with van der Waals surface area (Å²) in [6, 6.07) is 0.843. The van der Waals surface area contributed by atoms with Crippen LogP contribution in [0.2, 0.25) is 0 Å². The third-order valence-corrected chi connectivity index (χ3v) is 4.72. The van der Waals surface area contributed by atoms with E-state index in [4.69, 9.17) is 0 Å². The Hall–Kier alpha value is -2.14. The Morgan fingerprint density at radius 1 is 1.39 bits per heavy atom. The average molecular weight is 359 g/mol. The van der Waals surface area contributed by atoms with Crippen molar-refractivity contribution in [2.75, 3.05) is 11.1 Å². The maximum absolute atomic E-state index is 13.6. The number of hydrogen-bond donors (Lipinski definition) is 1. The number of aryl methyl sites for hydroxylation is 1. The highest BCUT2D eigenvalue weighted by Crippen LogP contribution is 2.30. The molecule has 0 bridgehead atoms. The zero-order valence-electron chi connectivity index (χ0n) is 11.5. The molecule has 2 aromatic heterocycles. The SMILES string of the molecule is Cn1cnnc1SCC(=O)Nc1nc2c(F)c(F)c(F)cc2s1. The molecule has 0 aliphatic rings. The third kappa shape index (κ3) is 3.15. The number of thiazole rings is 1. The number of aromatic nitrogens is 4. The Morgan fingerprint density at radius 3 is 2.87 bits per heavy atom. The predicted octanol–water partition coefficient (Wildman–Crippen LogP) is 2.57. The number of amides is 1. The zero-order valence-corrected chi connectivity index (χ0v) is 13.1. The van der Waals surface area contributed by atoms with Gasteiger partial charge in [0.15, 0.2) is 27.7 Å². The summed E-state index contributed by atoms with van der Waals surface area (Å²) < 4.78 is 41.7. The van der Waals surface area contributed by atoms with Gasteiger partial charge in [-0.05, 0) is 6.07 Å². The second-order valence-electron chi connectivity index (χ2n) is 4.41. The van der Waals surface area contributed by atoms with E-state index in [0.29, 0.717) is 5.16 Å². The van der Waals surface area contributed by atoms with Gasteiger partial charge in [-0.3, -0.25) is 4.79 Å². The summed E-state index contributed by atoms with van der Waals surface area (Å²) >= 11 is 2.01. The van der Waals surface area contributed by atoms with Crippen LogP contribution in [0.3, 0.4) is 0 Å². The minimum absolute atomic E-state index is 0.0354. The van der Waals surface area contributed by atoms with E-state index in [1.165, 1.54) is 6.33 Å². The van der Waals surface area contributed by atoms with Gasteiger partial charge in [0.25, 0.3) is 0 Å². The van der Waals surface area contributed by atoms with Gasteiger partial charge in [-0.15, -0.1) is 10.2 Å². The van der Waals surface area contributed by atoms with Gasteiger partial charge in [0.1, 0.15) is 11.8 Å². The van der Waals surface area contributed by atoms with Crippen LogP contribution < -0.4 is 5.32 Å². The molecule has 1 aromatic carbocycles. The molecule has 0 saturated heterocycles. The lowest BCUT2D eigenvalue weighted by atomic mass is 10.3. The van der Waals surface area contributed by atoms with Gasteiger partial charge >= 0.3 is 0 Å². The van der Waals surface area contributed by atoms with Crippen LogP contribution >= 0.6 is 23.1 Å². The number of thioether (sulfide) groups is 1. The van der Waals surface area contributed by atoms with Crippen LogP contribution in [0.25, 0.3) is 10.2 Å². The van der Waals surface area contributed by atoms with Crippen LogP contribution in [-0.4, -0.2) is 31.4 Å². The summed E-state index contributed by atoms with van der Waals surface area (Å²) in [7, 11) is 1.74. The first-order valence-electron chi connectivity index (χ1n) is 6.16. The number of hydrogen-bond acceptors (Lipinski definition) is 6. The second-order valence-corrected chi connectivity index (χ2v) is 6.39. The lowest BCUT2D eigenvalue weighted by Gasteiger charge is -2.00. The van der Waals surface area contributed by atoms with Crippen molar-refractivity contribution >= 4 is 44.4 Å². The normalized spacial score (nSPS) is 11.1. The summed E-state index contributed by atoms with van der Waals surface area (Å²) in [5.74, 6) is -4.62. The smallest absolute Gasteiger partial charge is 0.236 e. The van der Waals surface area contributed by atoms with Crippen LogP contribution in [0.15, 0.2) is 17.6 Å². The fourth-order valence-electron chi connectivity index (χ4n) is 1.72.